The van der Waals surface area contributed by atoms with Gasteiger partial charge in [-0.3, -0.25) is 4.79 Å². The van der Waals surface area contributed by atoms with E-state index in [-0.39, 0.29) is 42.0 Å². The maximum Gasteiger partial charge on any atom is 0.309 e. The van der Waals surface area contributed by atoms with Crippen LogP contribution in [-0.2, 0) is 22.5 Å². The molecule has 1 aromatic rings. The van der Waals surface area contributed by atoms with Crippen molar-refractivity contribution in [3.63, 3.8) is 0 Å². The summed E-state index contributed by atoms with van der Waals surface area (Å²) in [6, 6.07) is 4.12. The second-order valence-electron chi connectivity index (χ2n) is 7.59. The Morgan fingerprint density at radius 3 is 2.67 bits per heavy atom. The quantitative estimate of drug-likeness (QED) is 0.263. The molecule has 0 aromatic heterocycles. The molecule has 0 bridgehead atoms. The van der Waals surface area contributed by atoms with Crippen LogP contribution in [0.1, 0.15) is 44.7 Å². The van der Waals surface area contributed by atoms with Crippen molar-refractivity contribution in [2.45, 2.75) is 52.7 Å². The van der Waals surface area contributed by atoms with E-state index in [0.717, 1.165) is 61.9 Å². The predicted octanol–water partition coefficient (Wildman–Crippen LogP) is 3.38. The largest absolute Gasteiger partial charge is 0.496 e. The van der Waals surface area contributed by atoms with Gasteiger partial charge in [-0.05, 0) is 45.7 Å². The number of hydrogen-bond donors (Lipinski definition) is 1. The van der Waals surface area contributed by atoms with E-state index in [0.29, 0.717) is 13.2 Å². The highest BCUT2D eigenvalue weighted by atomic mass is 127. The normalized spacial score (nSPS) is 18.9. The number of piperidine rings is 1. The van der Waals surface area contributed by atoms with E-state index in [2.05, 4.69) is 36.2 Å². The lowest BCUT2D eigenvalue weighted by Gasteiger charge is -2.33. The summed E-state index contributed by atoms with van der Waals surface area (Å²) in [5, 5.41) is 3.38. The Bertz CT molecular complexity index is 748. The van der Waals surface area contributed by atoms with Gasteiger partial charge in [0.15, 0.2) is 5.96 Å². The van der Waals surface area contributed by atoms with Crippen LogP contribution in [-0.4, -0.2) is 56.3 Å². The molecule has 3 rings (SSSR count). The van der Waals surface area contributed by atoms with Crippen molar-refractivity contribution in [1.82, 2.24) is 10.2 Å². The van der Waals surface area contributed by atoms with Crippen LogP contribution in [0.15, 0.2) is 17.1 Å². The summed E-state index contributed by atoms with van der Waals surface area (Å²) in [6.45, 7) is 9.30. The first-order valence-electron chi connectivity index (χ1n) is 10.6. The van der Waals surface area contributed by atoms with Crippen LogP contribution in [0.3, 0.4) is 0 Å². The monoisotopic (exact) mass is 531 g/mol. The number of benzene rings is 1. The number of rotatable bonds is 6. The minimum absolute atomic E-state index is 0. The third kappa shape index (κ3) is 5.92. The van der Waals surface area contributed by atoms with Crippen molar-refractivity contribution in [3.05, 3.63) is 23.3 Å². The van der Waals surface area contributed by atoms with E-state index in [4.69, 9.17) is 19.2 Å². The minimum atomic E-state index is -0.0776. The lowest BCUT2D eigenvalue weighted by Crippen LogP contribution is -2.46. The molecule has 168 valence electrons. The van der Waals surface area contributed by atoms with E-state index >= 15 is 0 Å². The number of halogens is 1. The van der Waals surface area contributed by atoms with Crippen molar-refractivity contribution in [1.29, 1.82) is 0 Å². The second kappa shape index (κ2) is 11.6. The zero-order chi connectivity index (χ0) is 20.8. The number of esters is 1. The Morgan fingerprint density at radius 2 is 2.03 bits per heavy atom. The first kappa shape index (κ1) is 24.6. The molecular formula is C22H34IN3O4. The lowest BCUT2D eigenvalue weighted by molar-refractivity contribution is -0.149. The average molecular weight is 531 g/mol. The highest BCUT2D eigenvalue weighted by Crippen LogP contribution is 2.35. The Hall–Kier alpha value is -1.71. The predicted molar refractivity (Wildman–Crippen MR) is 128 cm³/mol. The van der Waals surface area contributed by atoms with Crippen LogP contribution < -0.4 is 14.8 Å². The Kier molecular flexibility index (Phi) is 9.51. The van der Waals surface area contributed by atoms with Gasteiger partial charge in [0, 0.05) is 37.2 Å². The van der Waals surface area contributed by atoms with Crippen molar-refractivity contribution < 1.29 is 19.0 Å². The molecule has 7 nitrogen and oxygen atoms in total. The number of guanidine groups is 1. The number of carbonyl (C=O) groups excluding carboxylic acids is 1. The molecule has 0 saturated carbocycles. The van der Waals surface area contributed by atoms with Crippen molar-refractivity contribution in [3.8, 4) is 11.5 Å². The molecule has 2 aliphatic rings. The van der Waals surface area contributed by atoms with Crippen molar-refractivity contribution in [2.75, 3.05) is 33.4 Å². The van der Waals surface area contributed by atoms with E-state index in [9.17, 15) is 4.79 Å². The molecule has 0 aliphatic carbocycles. The molecule has 0 spiro atoms. The van der Waals surface area contributed by atoms with Gasteiger partial charge in [0.05, 0.1) is 26.2 Å². The Labute approximate surface area is 196 Å². The SMILES string of the molecule is CCNC(=NCc1cc2c(cc1OC)CC(C)O2)N1CCC(C(=O)OCC)CC1.I. The summed E-state index contributed by atoms with van der Waals surface area (Å²) >= 11 is 0. The van der Waals surface area contributed by atoms with Crippen LogP contribution in [0.4, 0.5) is 0 Å². The number of nitrogens with one attached hydrogen (secondary N) is 1. The summed E-state index contributed by atoms with van der Waals surface area (Å²) in [6.07, 6.45) is 2.69. The van der Waals surface area contributed by atoms with E-state index in [1.807, 2.05) is 6.92 Å². The number of carbonyl (C=O) groups is 1. The fourth-order valence-corrected chi connectivity index (χ4v) is 3.97. The topological polar surface area (TPSA) is 72.4 Å². The molecule has 8 heteroatoms. The fourth-order valence-electron chi connectivity index (χ4n) is 3.97. The van der Waals surface area contributed by atoms with Crippen LogP contribution in [0, 0.1) is 5.92 Å². The number of hydrogen-bond acceptors (Lipinski definition) is 5. The number of fused-ring (bicyclic) bond motifs is 1. The average Bonchev–Trinajstić information content (AvgIpc) is 3.09. The summed E-state index contributed by atoms with van der Waals surface area (Å²) in [7, 11) is 1.69. The van der Waals surface area contributed by atoms with Gasteiger partial charge < -0.3 is 24.4 Å². The maximum atomic E-state index is 12.0. The van der Waals surface area contributed by atoms with Crippen molar-refractivity contribution in [2.24, 2.45) is 10.9 Å². The third-order valence-corrected chi connectivity index (χ3v) is 5.45. The number of nitrogens with zero attached hydrogens (tertiary/aromatic N) is 2. The van der Waals surface area contributed by atoms with Gasteiger partial charge in [-0.1, -0.05) is 0 Å². The van der Waals surface area contributed by atoms with Crippen molar-refractivity contribution >= 4 is 35.9 Å². The number of methoxy groups -OCH3 is 1. The van der Waals surface area contributed by atoms with Gasteiger partial charge in [-0.15, -0.1) is 24.0 Å². The van der Waals surface area contributed by atoms with Gasteiger partial charge in [0.25, 0.3) is 0 Å². The van der Waals surface area contributed by atoms with Gasteiger partial charge in [-0.2, -0.15) is 0 Å². The first-order valence-corrected chi connectivity index (χ1v) is 10.6. The smallest absolute Gasteiger partial charge is 0.309 e. The Balaban J connectivity index is 0.00000320. The molecule has 1 atom stereocenters. The van der Waals surface area contributed by atoms with Crippen LogP contribution >= 0.6 is 24.0 Å². The van der Waals surface area contributed by atoms with Crippen LogP contribution in [0.5, 0.6) is 11.5 Å². The number of likely N-dealkylation sites (tertiary alicyclic amines) is 1. The molecule has 0 radical (unpaired) electrons. The zero-order valence-electron chi connectivity index (χ0n) is 18.4. The standard InChI is InChI=1S/C22H33N3O4.HI/c1-5-23-22(25-9-7-16(8-10-25)21(26)28-6-2)24-14-18-13-20-17(11-15(3)29-20)12-19(18)27-4;/h12-13,15-16H,5-11,14H2,1-4H3,(H,23,24);1H. The summed E-state index contributed by atoms with van der Waals surface area (Å²) < 4.78 is 16.7. The molecule has 1 fully saturated rings. The summed E-state index contributed by atoms with van der Waals surface area (Å²) in [4.78, 5) is 19.1. The van der Waals surface area contributed by atoms with Gasteiger partial charge in [-0.25, -0.2) is 4.99 Å². The first-order chi connectivity index (χ1) is 14.0. The highest BCUT2D eigenvalue weighted by Gasteiger charge is 2.27. The van der Waals surface area contributed by atoms with E-state index in [1.54, 1.807) is 7.11 Å². The molecule has 1 N–H and O–H groups in total. The minimum Gasteiger partial charge on any atom is -0.496 e. The van der Waals surface area contributed by atoms with Gasteiger partial charge >= 0.3 is 5.97 Å². The zero-order valence-corrected chi connectivity index (χ0v) is 20.7. The van der Waals surface area contributed by atoms with E-state index in [1.165, 1.54) is 5.56 Å². The maximum absolute atomic E-state index is 12.0. The highest BCUT2D eigenvalue weighted by molar-refractivity contribution is 14.0. The second-order valence-corrected chi connectivity index (χ2v) is 7.59. The fraction of sp³-hybridized carbons (Fsp3) is 0.636. The lowest BCUT2D eigenvalue weighted by atomic mass is 9.97. The summed E-state index contributed by atoms with van der Waals surface area (Å²) in [5.74, 6) is 2.56. The molecule has 1 aromatic carbocycles. The van der Waals surface area contributed by atoms with E-state index < -0.39 is 0 Å². The number of ether oxygens (including phenoxy) is 3. The van der Waals surface area contributed by atoms with Crippen LogP contribution in [0.2, 0.25) is 0 Å². The van der Waals surface area contributed by atoms with Crippen LogP contribution in [0.25, 0.3) is 0 Å². The molecule has 30 heavy (non-hydrogen) atoms. The van der Waals surface area contributed by atoms with Gasteiger partial charge in [0.1, 0.15) is 17.6 Å². The molecule has 1 unspecified atom stereocenters. The van der Waals surface area contributed by atoms with Gasteiger partial charge in [0.2, 0.25) is 0 Å². The molecule has 0 amide bonds. The number of aliphatic imine (C=N–C) groups is 1. The molecule has 2 aliphatic heterocycles. The molecule has 2 heterocycles. The molecule has 1 saturated heterocycles. The third-order valence-electron chi connectivity index (χ3n) is 5.45. The Morgan fingerprint density at radius 1 is 1.30 bits per heavy atom. The summed E-state index contributed by atoms with van der Waals surface area (Å²) in [5.41, 5.74) is 2.20. The molecular weight excluding hydrogens is 497 g/mol.